The number of amides is 2. The number of rotatable bonds is 9. The maximum absolute atomic E-state index is 11.8. The van der Waals surface area contributed by atoms with Gasteiger partial charge in [-0.1, -0.05) is 31.1 Å². The molecular formula is C15H20N4O2S2. The van der Waals surface area contributed by atoms with Crippen molar-refractivity contribution in [3.63, 3.8) is 0 Å². The van der Waals surface area contributed by atoms with Crippen molar-refractivity contribution in [1.82, 2.24) is 15.5 Å². The van der Waals surface area contributed by atoms with E-state index in [1.807, 2.05) is 5.38 Å². The SMILES string of the molecule is CCCCCc1nnc(NC(=O)CCNC(=O)c2ccsc2)s1. The zero-order valence-corrected chi connectivity index (χ0v) is 14.6. The van der Waals surface area contributed by atoms with Crippen molar-refractivity contribution in [3.05, 3.63) is 27.4 Å². The third-order valence-electron chi connectivity index (χ3n) is 3.13. The smallest absolute Gasteiger partial charge is 0.252 e. The Hall–Kier alpha value is -1.80. The standard InChI is InChI=1S/C15H20N4O2S2/c1-2-3-4-5-13-18-19-15(23-13)17-12(20)6-8-16-14(21)11-7-9-22-10-11/h7,9-10H,2-6,8H2,1H3,(H,16,21)(H,17,19,20). The van der Waals surface area contributed by atoms with Crippen LogP contribution in [-0.2, 0) is 11.2 Å². The van der Waals surface area contributed by atoms with Gasteiger partial charge < -0.3 is 10.6 Å². The molecule has 2 rings (SSSR count). The summed E-state index contributed by atoms with van der Waals surface area (Å²) in [5.74, 6) is -0.333. The van der Waals surface area contributed by atoms with E-state index >= 15 is 0 Å². The predicted octanol–water partition coefficient (Wildman–Crippen LogP) is 3.09. The first-order valence-electron chi connectivity index (χ1n) is 7.61. The van der Waals surface area contributed by atoms with E-state index < -0.39 is 0 Å². The highest BCUT2D eigenvalue weighted by Crippen LogP contribution is 2.17. The summed E-state index contributed by atoms with van der Waals surface area (Å²) in [6.07, 6.45) is 4.54. The Morgan fingerprint density at radius 1 is 1.26 bits per heavy atom. The van der Waals surface area contributed by atoms with Gasteiger partial charge in [0.25, 0.3) is 5.91 Å². The number of aromatic nitrogens is 2. The summed E-state index contributed by atoms with van der Waals surface area (Å²) in [5.41, 5.74) is 0.622. The molecule has 2 aromatic rings. The molecule has 0 aliphatic rings. The van der Waals surface area contributed by atoms with E-state index in [0.29, 0.717) is 17.2 Å². The van der Waals surface area contributed by atoms with E-state index in [9.17, 15) is 9.59 Å². The van der Waals surface area contributed by atoms with Crippen LogP contribution in [-0.4, -0.2) is 28.6 Å². The summed E-state index contributed by atoms with van der Waals surface area (Å²) >= 11 is 2.87. The highest BCUT2D eigenvalue weighted by atomic mass is 32.1. The summed E-state index contributed by atoms with van der Waals surface area (Å²) in [6.45, 7) is 2.45. The van der Waals surface area contributed by atoms with Crippen LogP contribution in [0.5, 0.6) is 0 Å². The first kappa shape index (κ1) is 17.6. The van der Waals surface area contributed by atoms with Gasteiger partial charge in [0, 0.05) is 30.3 Å². The fraction of sp³-hybridized carbons (Fsp3) is 0.467. The van der Waals surface area contributed by atoms with Crippen LogP contribution in [0.3, 0.4) is 0 Å². The second-order valence-corrected chi connectivity index (χ2v) is 6.87. The van der Waals surface area contributed by atoms with Crippen molar-refractivity contribution in [2.24, 2.45) is 0 Å². The lowest BCUT2D eigenvalue weighted by atomic mass is 10.2. The summed E-state index contributed by atoms with van der Waals surface area (Å²) in [7, 11) is 0. The van der Waals surface area contributed by atoms with Crippen LogP contribution in [0.2, 0.25) is 0 Å². The Morgan fingerprint density at radius 3 is 2.87 bits per heavy atom. The molecule has 0 aliphatic carbocycles. The molecule has 124 valence electrons. The van der Waals surface area contributed by atoms with Crippen LogP contribution in [0.15, 0.2) is 16.8 Å². The molecule has 2 amide bonds. The summed E-state index contributed by atoms with van der Waals surface area (Å²) in [5, 5.41) is 18.6. The third kappa shape index (κ3) is 6.07. The molecule has 2 heterocycles. The molecule has 0 bridgehead atoms. The molecule has 0 spiro atoms. The average Bonchev–Trinajstić information content (AvgIpc) is 3.19. The molecule has 23 heavy (non-hydrogen) atoms. The number of hydrogen-bond donors (Lipinski definition) is 2. The fourth-order valence-corrected chi connectivity index (χ4v) is 3.33. The number of carbonyl (C=O) groups is 2. The number of nitrogens with one attached hydrogen (secondary N) is 2. The maximum atomic E-state index is 11.8. The van der Waals surface area contributed by atoms with Crippen molar-refractivity contribution in [2.75, 3.05) is 11.9 Å². The second-order valence-electron chi connectivity index (χ2n) is 5.02. The summed E-state index contributed by atoms with van der Waals surface area (Å²) in [6, 6.07) is 1.75. The monoisotopic (exact) mass is 352 g/mol. The zero-order valence-electron chi connectivity index (χ0n) is 13.0. The van der Waals surface area contributed by atoms with Gasteiger partial charge in [0.2, 0.25) is 11.0 Å². The van der Waals surface area contributed by atoms with Gasteiger partial charge in [-0.05, 0) is 17.9 Å². The Labute approximate surface area is 143 Å². The van der Waals surface area contributed by atoms with Gasteiger partial charge in [-0.15, -0.1) is 10.2 Å². The fourth-order valence-electron chi connectivity index (χ4n) is 1.90. The molecule has 0 saturated carbocycles. The van der Waals surface area contributed by atoms with Crippen molar-refractivity contribution in [3.8, 4) is 0 Å². The predicted molar refractivity (Wildman–Crippen MR) is 93.0 cm³/mol. The first-order chi connectivity index (χ1) is 11.2. The van der Waals surface area contributed by atoms with E-state index in [1.165, 1.54) is 35.5 Å². The van der Waals surface area contributed by atoms with Crippen LogP contribution >= 0.6 is 22.7 Å². The molecule has 2 N–H and O–H groups in total. The van der Waals surface area contributed by atoms with Crippen LogP contribution < -0.4 is 10.6 Å². The first-order valence-corrected chi connectivity index (χ1v) is 9.37. The minimum absolute atomic E-state index is 0.159. The van der Waals surface area contributed by atoms with Crippen molar-refractivity contribution in [1.29, 1.82) is 0 Å². The normalized spacial score (nSPS) is 10.5. The number of nitrogens with zero attached hydrogens (tertiary/aromatic N) is 2. The highest BCUT2D eigenvalue weighted by molar-refractivity contribution is 7.15. The molecular weight excluding hydrogens is 332 g/mol. The molecule has 0 fully saturated rings. The summed E-state index contributed by atoms with van der Waals surface area (Å²) < 4.78 is 0. The number of aryl methyl sites for hydroxylation is 1. The van der Waals surface area contributed by atoms with E-state index in [0.717, 1.165) is 17.8 Å². The third-order valence-corrected chi connectivity index (χ3v) is 4.71. The summed E-state index contributed by atoms with van der Waals surface area (Å²) in [4.78, 5) is 23.5. The average molecular weight is 352 g/mol. The largest absolute Gasteiger partial charge is 0.351 e. The van der Waals surface area contributed by atoms with Gasteiger partial charge in [0.1, 0.15) is 5.01 Å². The van der Waals surface area contributed by atoms with Gasteiger partial charge >= 0.3 is 0 Å². The maximum Gasteiger partial charge on any atom is 0.252 e. The lowest BCUT2D eigenvalue weighted by molar-refractivity contribution is -0.116. The van der Waals surface area contributed by atoms with E-state index in [4.69, 9.17) is 0 Å². The van der Waals surface area contributed by atoms with Crippen LogP contribution in [0.1, 0.15) is 48.0 Å². The zero-order chi connectivity index (χ0) is 16.5. The van der Waals surface area contributed by atoms with Gasteiger partial charge in [-0.2, -0.15) is 11.3 Å². The van der Waals surface area contributed by atoms with Gasteiger partial charge in [-0.3, -0.25) is 9.59 Å². The number of thiophene rings is 1. The Morgan fingerprint density at radius 2 is 2.13 bits per heavy atom. The molecule has 0 aromatic carbocycles. The number of carbonyl (C=O) groups excluding carboxylic acids is 2. The minimum atomic E-state index is -0.174. The quantitative estimate of drug-likeness (QED) is 0.679. The Kier molecular flexibility index (Phi) is 7.15. The van der Waals surface area contributed by atoms with Gasteiger partial charge in [-0.25, -0.2) is 0 Å². The van der Waals surface area contributed by atoms with E-state index in [2.05, 4.69) is 27.8 Å². The van der Waals surface area contributed by atoms with E-state index in [1.54, 1.807) is 11.4 Å². The second kappa shape index (κ2) is 9.36. The molecule has 0 radical (unpaired) electrons. The Bertz CT molecular complexity index is 625. The molecule has 0 atom stereocenters. The molecule has 8 heteroatoms. The number of unbranched alkanes of at least 4 members (excludes halogenated alkanes) is 2. The van der Waals surface area contributed by atoms with Crippen molar-refractivity contribution >= 4 is 39.6 Å². The molecule has 0 unspecified atom stereocenters. The molecule has 2 aromatic heterocycles. The lowest BCUT2D eigenvalue weighted by Crippen LogP contribution is -2.27. The topological polar surface area (TPSA) is 84.0 Å². The van der Waals surface area contributed by atoms with Crippen LogP contribution in [0, 0.1) is 0 Å². The number of hydrogen-bond acceptors (Lipinski definition) is 6. The van der Waals surface area contributed by atoms with Crippen LogP contribution in [0.25, 0.3) is 0 Å². The molecule has 6 nitrogen and oxygen atoms in total. The van der Waals surface area contributed by atoms with Gasteiger partial charge in [0.15, 0.2) is 0 Å². The molecule has 0 saturated heterocycles. The van der Waals surface area contributed by atoms with Gasteiger partial charge in [0.05, 0.1) is 0 Å². The Balaban J connectivity index is 1.67. The molecule has 0 aliphatic heterocycles. The van der Waals surface area contributed by atoms with Crippen molar-refractivity contribution in [2.45, 2.75) is 39.0 Å². The van der Waals surface area contributed by atoms with Crippen molar-refractivity contribution < 1.29 is 9.59 Å². The van der Waals surface area contributed by atoms with Crippen LogP contribution in [0.4, 0.5) is 5.13 Å². The highest BCUT2D eigenvalue weighted by Gasteiger charge is 2.09. The van der Waals surface area contributed by atoms with E-state index in [-0.39, 0.29) is 18.2 Å². The number of anilines is 1. The minimum Gasteiger partial charge on any atom is -0.351 e. The lowest BCUT2D eigenvalue weighted by Gasteiger charge is -2.03.